The van der Waals surface area contributed by atoms with Gasteiger partial charge in [0.05, 0.1) is 6.07 Å². The summed E-state index contributed by atoms with van der Waals surface area (Å²) in [5, 5.41) is 17.5. The molecule has 0 saturated heterocycles. The highest BCUT2D eigenvalue weighted by Crippen LogP contribution is 2.05. The van der Waals surface area contributed by atoms with Crippen LogP contribution < -0.4 is 0 Å². The van der Waals surface area contributed by atoms with Gasteiger partial charge in [-0.25, -0.2) is 0 Å². The maximum atomic E-state index is 9.12. The molecule has 1 N–H and O–H groups in total. The second-order valence-corrected chi connectivity index (χ2v) is 3.53. The average Bonchev–Trinajstić information content (AvgIpc) is 1.98. The van der Waals surface area contributed by atoms with E-state index in [0.717, 1.165) is 0 Å². The van der Waals surface area contributed by atoms with E-state index in [0.29, 0.717) is 18.6 Å². The summed E-state index contributed by atoms with van der Waals surface area (Å²) >= 11 is 0. The zero-order chi connectivity index (χ0) is 9.72. The Balaban J connectivity index is 4.07. The minimum atomic E-state index is -0.866. The summed E-state index contributed by atoms with van der Waals surface area (Å²) in [6.45, 7) is 8.67. The van der Waals surface area contributed by atoms with Crippen LogP contribution >= 0.6 is 0 Å². The molecule has 0 radical (unpaired) electrons. The molecule has 0 aromatic heterocycles. The van der Waals surface area contributed by atoms with E-state index in [2.05, 4.69) is 32.6 Å². The molecule has 0 aliphatic heterocycles. The van der Waals surface area contributed by atoms with Crippen molar-refractivity contribution in [2.75, 3.05) is 6.54 Å². The Morgan fingerprint density at radius 2 is 1.67 bits per heavy atom. The van der Waals surface area contributed by atoms with Crippen LogP contribution in [-0.4, -0.2) is 34.7 Å². The SMILES string of the molecule is CC(C)N(CC(O)C#N)C(C)C. The van der Waals surface area contributed by atoms with E-state index in [1.807, 2.05) is 6.07 Å². The first-order valence-electron chi connectivity index (χ1n) is 4.32. The van der Waals surface area contributed by atoms with Gasteiger partial charge in [0.2, 0.25) is 0 Å². The summed E-state index contributed by atoms with van der Waals surface area (Å²) in [4.78, 5) is 2.09. The Morgan fingerprint density at radius 1 is 1.25 bits per heavy atom. The van der Waals surface area contributed by atoms with Gasteiger partial charge in [-0.2, -0.15) is 5.26 Å². The molecule has 12 heavy (non-hydrogen) atoms. The molecule has 0 rings (SSSR count). The Hall–Kier alpha value is -0.590. The van der Waals surface area contributed by atoms with Crippen LogP contribution in [0, 0.1) is 11.3 Å². The van der Waals surface area contributed by atoms with Crippen molar-refractivity contribution in [3.8, 4) is 6.07 Å². The van der Waals surface area contributed by atoms with Crippen molar-refractivity contribution in [3.63, 3.8) is 0 Å². The molecule has 0 saturated carbocycles. The van der Waals surface area contributed by atoms with E-state index in [9.17, 15) is 0 Å². The van der Waals surface area contributed by atoms with Crippen LogP contribution in [0.5, 0.6) is 0 Å². The maximum absolute atomic E-state index is 9.12. The van der Waals surface area contributed by atoms with Gasteiger partial charge in [0.15, 0.2) is 6.10 Å². The molecular weight excluding hydrogens is 152 g/mol. The molecular formula is C9H18N2O. The van der Waals surface area contributed by atoms with Gasteiger partial charge in [-0.3, -0.25) is 4.90 Å². The van der Waals surface area contributed by atoms with E-state index < -0.39 is 6.10 Å². The number of nitrogens with zero attached hydrogens (tertiary/aromatic N) is 2. The van der Waals surface area contributed by atoms with Gasteiger partial charge in [-0.1, -0.05) is 0 Å². The van der Waals surface area contributed by atoms with E-state index >= 15 is 0 Å². The molecule has 0 aliphatic rings. The summed E-state index contributed by atoms with van der Waals surface area (Å²) < 4.78 is 0. The Morgan fingerprint density at radius 3 is 1.92 bits per heavy atom. The van der Waals surface area contributed by atoms with Gasteiger partial charge in [0, 0.05) is 18.6 Å². The number of rotatable bonds is 4. The topological polar surface area (TPSA) is 47.3 Å². The second-order valence-electron chi connectivity index (χ2n) is 3.53. The first-order chi connectivity index (χ1) is 5.49. The van der Waals surface area contributed by atoms with Crippen LogP contribution in [0.15, 0.2) is 0 Å². The summed E-state index contributed by atoms with van der Waals surface area (Å²) in [6, 6.07) is 2.56. The van der Waals surface area contributed by atoms with Crippen molar-refractivity contribution >= 4 is 0 Å². The predicted molar refractivity (Wildman–Crippen MR) is 48.6 cm³/mol. The van der Waals surface area contributed by atoms with Crippen LogP contribution in [0.4, 0.5) is 0 Å². The quantitative estimate of drug-likeness (QED) is 0.640. The zero-order valence-electron chi connectivity index (χ0n) is 8.28. The Labute approximate surface area is 74.6 Å². The largest absolute Gasteiger partial charge is 0.377 e. The summed E-state index contributed by atoms with van der Waals surface area (Å²) in [6.07, 6.45) is -0.866. The van der Waals surface area contributed by atoms with E-state index in [1.54, 1.807) is 0 Å². The first-order valence-corrected chi connectivity index (χ1v) is 4.32. The number of aliphatic hydroxyl groups is 1. The molecule has 0 amide bonds. The van der Waals surface area contributed by atoms with Gasteiger partial charge in [-0.05, 0) is 27.7 Å². The van der Waals surface area contributed by atoms with E-state index in [1.165, 1.54) is 0 Å². The Kier molecular flexibility index (Phi) is 4.87. The fourth-order valence-corrected chi connectivity index (χ4v) is 1.26. The van der Waals surface area contributed by atoms with E-state index in [4.69, 9.17) is 10.4 Å². The third-order valence-corrected chi connectivity index (χ3v) is 1.86. The number of hydrogen-bond donors (Lipinski definition) is 1. The van der Waals surface area contributed by atoms with Gasteiger partial charge < -0.3 is 5.11 Å². The molecule has 0 aromatic carbocycles. The molecule has 0 aromatic rings. The van der Waals surface area contributed by atoms with Crippen molar-refractivity contribution in [3.05, 3.63) is 0 Å². The van der Waals surface area contributed by atoms with Crippen molar-refractivity contribution in [1.82, 2.24) is 4.90 Å². The zero-order valence-corrected chi connectivity index (χ0v) is 8.28. The van der Waals surface area contributed by atoms with Crippen molar-refractivity contribution < 1.29 is 5.11 Å². The first kappa shape index (κ1) is 11.4. The van der Waals surface area contributed by atoms with Gasteiger partial charge in [0.25, 0.3) is 0 Å². The van der Waals surface area contributed by atoms with Crippen molar-refractivity contribution in [1.29, 1.82) is 5.26 Å². The van der Waals surface area contributed by atoms with Gasteiger partial charge >= 0.3 is 0 Å². The number of hydrogen-bond acceptors (Lipinski definition) is 3. The molecule has 3 nitrogen and oxygen atoms in total. The highest BCUT2D eigenvalue weighted by atomic mass is 16.3. The lowest BCUT2D eigenvalue weighted by molar-refractivity contribution is 0.104. The van der Waals surface area contributed by atoms with Gasteiger partial charge in [-0.15, -0.1) is 0 Å². The van der Waals surface area contributed by atoms with Crippen molar-refractivity contribution in [2.24, 2.45) is 0 Å². The van der Waals surface area contributed by atoms with Crippen LogP contribution in [0.25, 0.3) is 0 Å². The number of aliphatic hydroxyl groups excluding tert-OH is 1. The summed E-state index contributed by atoms with van der Waals surface area (Å²) in [5.41, 5.74) is 0. The van der Waals surface area contributed by atoms with Crippen molar-refractivity contribution in [2.45, 2.75) is 45.9 Å². The molecule has 70 valence electrons. The third-order valence-electron chi connectivity index (χ3n) is 1.86. The van der Waals surface area contributed by atoms with E-state index in [-0.39, 0.29) is 0 Å². The van der Waals surface area contributed by atoms with Crippen LogP contribution in [0.3, 0.4) is 0 Å². The lowest BCUT2D eigenvalue weighted by atomic mass is 10.2. The molecule has 0 spiro atoms. The average molecular weight is 170 g/mol. The fraction of sp³-hybridized carbons (Fsp3) is 0.889. The summed E-state index contributed by atoms with van der Waals surface area (Å²) in [5.74, 6) is 0. The maximum Gasteiger partial charge on any atom is 0.153 e. The molecule has 0 bridgehead atoms. The monoisotopic (exact) mass is 170 g/mol. The van der Waals surface area contributed by atoms with Crippen LogP contribution in [0.2, 0.25) is 0 Å². The molecule has 3 heteroatoms. The standard InChI is InChI=1S/C9H18N2O/c1-7(2)11(8(3)4)6-9(12)5-10/h7-9,12H,6H2,1-4H3. The van der Waals surface area contributed by atoms with Gasteiger partial charge in [0.1, 0.15) is 0 Å². The van der Waals surface area contributed by atoms with Crippen LogP contribution in [-0.2, 0) is 0 Å². The second kappa shape index (κ2) is 5.13. The molecule has 0 aliphatic carbocycles. The molecule has 1 atom stereocenters. The highest BCUT2D eigenvalue weighted by Gasteiger charge is 2.16. The normalized spacial score (nSPS) is 13.9. The lowest BCUT2D eigenvalue weighted by Gasteiger charge is -2.30. The molecule has 0 fully saturated rings. The Bertz CT molecular complexity index is 152. The summed E-state index contributed by atoms with van der Waals surface area (Å²) in [7, 11) is 0. The lowest BCUT2D eigenvalue weighted by Crippen LogP contribution is -2.41. The third kappa shape index (κ3) is 3.70. The number of nitriles is 1. The molecule has 1 unspecified atom stereocenters. The van der Waals surface area contributed by atoms with Crippen LogP contribution in [0.1, 0.15) is 27.7 Å². The predicted octanol–water partition coefficient (Wildman–Crippen LogP) is 0.990. The highest BCUT2D eigenvalue weighted by molar-refractivity contribution is 4.86. The molecule has 0 heterocycles. The minimum absolute atomic E-state index is 0.369. The fourth-order valence-electron chi connectivity index (χ4n) is 1.26. The minimum Gasteiger partial charge on any atom is -0.377 e. The smallest absolute Gasteiger partial charge is 0.153 e.